The first kappa shape index (κ1) is 22.0. The van der Waals surface area contributed by atoms with Gasteiger partial charge in [-0.3, -0.25) is 14.8 Å². The van der Waals surface area contributed by atoms with Gasteiger partial charge in [0, 0.05) is 24.9 Å². The lowest BCUT2D eigenvalue weighted by Crippen LogP contribution is -2.15. The van der Waals surface area contributed by atoms with E-state index in [2.05, 4.69) is 20.0 Å². The third kappa shape index (κ3) is 5.66. The SMILES string of the molecule is O=[N+]([O-])c1cccc(S(=O)(=O)Nc2ccnc(NCc3ccc(C(F)(F)F)cc3)n2)c1. The Morgan fingerprint density at radius 1 is 1.06 bits per heavy atom. The Morgan fingerprint density at radius 3 is 2.42 bits per heavy atom. The van der Waals surface area contributed by atoms with E-state index >= 15 is 0 Å². The molecule has 0 bridgehead atoms. The second-order valence-electron chi connectivity index (χ2n) is 6.17. The van der Waals surface area contributed by atoms with Crippen molar-refractivity contribution in [3.8, 4) is 0 Å². The first-order valence-corrected chi connectivity index (χ1v) is 10.0. The molecule has 0 unspecified atom stereocenters. The Labute approximate surface area is 174 Å². The minimum absolute atomic E-state index is 0.0270. The number of non-ortho nitro benzene ring substituents is 1. The van der Waals surface area contributed by atoms with Crippen molar-refractivity contribution in [3.05, 3.63) is 82.0 Å². The maximum atomic E-state index is 12.6. The molecule has 1 heterocycles. The summed E-state index contributed by atoms with van der Waals surface area (Å²) in [6.45, 7) is 0.0964. The van der Waals surface area contributed by atoms with E-state index in [0.717, 1.165) is 24.3 Å². The minimum Gasteiger partial charge on any atom is -0.350 e. The largest absolute Gasteiger partial charge is 0.416 e. The molecule has 0 aliphatic heterocycles. The van der Waals surface area contributed by atoms with Crippen LogP contribution in [0.5, 0.6) is 0 Å². The lowest BCUT2D eigenvalue weighted by molar-refractivity contribution is -0.385. The van der Waals surface area contributed by atoms with Gasteiger partial charge in [0.2, 0.25) is 5.95 Å². The molecule has 162 valence electrons. The van der Waals surface area contributed by atoms with Gasteiger partial charge in [-0.15, -0.1) is 0 Å². The van der Waals surface area contributed by atoms with Crippen LogP contribution in [-0.2, 0) is 22.7 Å². The molecular formula is C18H14F3N5O4S. The second-order valence-corrected chi connectivity index (χ2v) is 7.86. The molecule has 0 amide bonds. The standard InChI is InChI=1S/C18H14F3N5O4S/c19-18(20,21)13-6-4-12(5-7-13)11-23-17-22-9-8-16(24-17)25-31(29,30)15-3-1-2-14(10-15)26(27)28/h1-10H,11H2,(H2,22,23,24,25). The quantitative estimate of drug-likeness (QED) is 0.411. The highest BCUT2D eigenvalue weighted by Gasteiger charge is 2.29. The summed E-state index contributed by atoms with van der Waals surface area (Å²) in [5.41, 5.74) is -0.631. The fourth-order valence-electron chi connectivity index (χ4n) is 2.45. The third-order valence-electron chi connectivity index (χ3n) is 3.97. The van der Waals surface area contributed by atoms with E-state index in [9.17, 15) is 31.7 Å². The number of aromatic nitrogens is 2. The van der Waals surface area contributed by atoms with E-state index in [1.165, 1.54) is 36.5 Å². The molecule has 0 fully saturated rings. The Hall–Kier alpha value is -3.74. The molecule has 3 rings (SSSR count). The summed E-state index contributed by atoms with van der Waals surface area (Å²) >= 11 is 0. The zero-order valence-electron chi connectivity index (χ0n) is 15.5. The van der Waals surface area contributed by atoms with Crippen LogP contribution in [0.2, 0.25) is 0 Å². The average molecular weight is 453 g/mol. The van der Waals surface area contributed by atoms with Gasteiger partial charge in [0.25, 0.3) is 15.7 Å². The smallest absolute Gasteiger partial charge is 0.350 e. The number of sulfonamides is 1. The lowest BCUT2D eigenvalue weighted by atomic mass is 10.1. The second kappa shape index (κ2) is 8.55. The molecule has 1 aromatic heterocycles. The van der Waals surface area contributed by atoms with Crippen LogP contribution >= 0.6 is 0 Å². The van der Waals surface area contributed by atoms with Crippen molar-refractivity contribution >= 4 is 27.5 Å². The van der Waals surface area contributed by atoms with Crippen LogP contribution < -0.4 is 10.0 Å². The minimum atomic E-state index is -4.43. The lowest BCUT2D eigenvalue weighted by Gasteiger charge is -2.10. The van der Waals surface area contributed by atoms with Crippen molar-refractivity contribution in [1.29, 1.82) is 0 Å². The van der Waals surface area contributed by atoms with Crippen molar-refractivity contribution in [3.63, 3.8) is 0 Å². The fourth-order valence-corrected chi connectivity index (χ4v) is 3.49. The highest BCUT2D eigenvalue weighted by atomic mass is 32.2. The zero-order valence-corrected chi connectivity index (χ0v) is 16.3. The summed E-state index contributed by atoms with van der Waals surface area (Å²) < 4.78 is 65.0. The molecule has 0 atom stereocenters. The molecular weight excluding hydrogens is 439 g/mol. The molecule has 9 nitrogen and oxygen atoms in total. The number of hydrogen-bond donors (Lipinski definition) is 2. The van der Waals surface area contributed by atoms with Crippen LogP contribution in [0.3, 0.4) is 0 Å². The van der Waals surface area contributed by atoms with Gasteiger partial charge in [-0.25, -0.2) is 13.4 Å². The average Bonchev–Trinajstić information content (AvgIpc) is 2.72. The summed E-state index contributed by atoms with van der Waals surface area (Å²) in [5.74, 6) is -0.0736. The fraction of sp³-hybridized carbons (Fsp3) is 0.111. The number of nitrogens with one attached hydrogen (secondary N) is 2. The number of alkyl halides is 3. The van der Waals surface area contributed by atoms with E-state index in [4.69, 9.17) is 0 Å². The highest BCUT2D eigenvalue weighted by Crippen LogP contribution is 2.29. The Morgan fingerprint density at radius 2 is 1.77 bits per heavy atom. The van der Waals surface area contributed by atoms with Crippen molar-refractivity contribution < 1.29 is 26.5 Å². The number of benzene rings is 2. The number of halogens is 3. The number of nitro groups is 1. The number of nitrogens with zero attached hydrogens (tertiary/aromatic N) is 3. The van der Waals surface area contributed by atoms with Crippen molar-refractivity contribution in [2.75, 3.05) is 10.0 Å². The van der Waals surface area contributed by atoms with Gasteiger partial charge in [-0.1, -0.05) is 18.2 Å². The molecule has 2 aromatic carbocycles. The van der Waals surface area contributed by atoms with E-state index in [0.29, 0.717) is 5.56 Å². The molecule has 0 aliphatic rings. The molecule has 0 saturated heterocycles. The first-order chi connectivity index (χ1) is 14.5. The van der Waals surface area contributed by atoms with E-state index < -0.39 is 26.7 Å². The predicted octanol–water partition coefficient (Wildman–Crippen LogP) is 3.82. The van der Waals surface area contributed by atoms with Gasteiger partial charge in [0.15, 0.2) is 0 Å². The summed E-state index contributed by atoms with van der Waals surface area (Å²) in [7, 11) is -4.15. The van der Waals surface area contributed by atoms with Crippen LogP contribution in [0.25, 0.3) is 0 Å². The van der Waals surface area contributed by atoms with Crippen LogP contribution in [0.15, 0.2) is 65.7 Å². The van der Waals surface area contributed by atoms with Gasteiger partial charge in [-0.05, 0) is 29.8 Å². The number of hydrogen-bond acceptors (Lipinski definition) is 7. The van der Waals surface area contributed by atoms with E-state index in [1.54, 1.807) is 0 Å². The van der Waals surface area contributed by atoms with Gasteiger partial charge < -0.3 is 5.32 Å². The third-order valence-corrected chi connectivity index (χ3v) is 5.32. The monoisotopic (exact) mass is 453 g/mol. The number of nitro benzene ring substituents is 1. The van der Waals surface area contributed by atoms with Crippen molar-refractivity contribution in [1.82, 2.24) is 9.97 Å². The summed E-state index contributed by atoms with van der Waals surface area (Å²) in [6.07, 6.45) is -3.16. The van der Waals surface area contributed by atoms with Crippen LogP contribution in [0.4, 0.5) is 30.6 Å². The van der Waals surface area contributed by atoms with Crippen molar-refractivity contribution in [2.24, 2.45) is 0 Å². The Bertz CT molecular complexity index is 1200. The zero-order chi connectivity index (χ0) is 22.6. The van der Waals surface area contributed by atoms with Crippen molar-refractivity contribution in [2.45, 2.75) is 17.6 Å². The van der Waals surface area contributed by atoms with Gasteiger partial charge in [-0.2, -0.15) is 18.2 Å². The van der Waals surface area contributed by atoms with Crippen LogP contribution in [0, 0.1) is 10.1 Å². The Kier molecular flexibility index (Phi) is 6.06. The Balaban J connectivity index is 1.70. The van der Waals surface area contributed by atoms with Crippen LogP contribution in [-0.4, -0.2) is 23.3 Å². The number of anilines is 2. The summed E-state index contributed by atoms with van der Waals surface area (Å²) in [5, 5.41) is 13.6. The summed E-state index contributed by atoms with van der Waals surface area (Å²) in [4.78, 5) is 17.7. The van der Waals surface area contributed by atoms with Gasteiger partial charge >= 0.3 is 6.18 Å². The molecule has 2 N–H and O–H groups in total. The maximum Gasteiger partial charge on any atom is 0.416 e. The molecule has 0 radical (unpaired) electrons. The van der Waals surface area contributed by atoms with E-state index in [-0.39, 0.29) is 28.9 Å². The summed E-state index contributed by atoms with van der Waals surface area (Å²) in [6, 6.07) is 10.3. The molecule has 31 heavy (non-hydrogen) atoms. The predicted molar refractivity (Wildman–Crippen MR) is 105 cm³/mol. The molecule has 0 aliphatic carbocycles. The van der Waals surface area contributed by atoms with Gasteiger partial charge in [0.05, 0.1) is 15.4 Å². The highest BCUT2D eigenvalue weighted by molar-refractivity contribution is 7.92. The van der Waals surface area contributed by atoms with E-state index in [1.807, 2.05) is 0 Å². The topological polar surface area (TPSA) is 127 Å². The van der Waals surface area contributed by atoms with Gasteiger partial charge in [0.1, 0.15) is 5.82 Å². The maximum absolute atomic E-state index is 12.6. The molecule has 0 saturated carbocycles. The normalized spacial score (nSPS) is 11.7. The number of rotatable bonds is 7. The van der Waals surface area contributed by atoms with Crippen LogP contribution in [0.1, 0.15) is 11.1 Å². The molecule has 3 aromatic rings. The molecule has 13 heteroatoms. The molecule has 0 spiro atoms. The first-order valence-electron chi connectivity index (χ1n) is 8.55.